The summed E-state index contributed by atoms with van der Waals surface area (Å²) in [7, 11) is 0. The van der Waals surface area contributed by atoms with Gasteiger partial charge in [-0.05, 0) is 50.1 Å². The van der Waals surface area contributed by atoms with Gasteiger partial charge in [0.25, 0.3) is 0 Å². The van der Waals surface area contributed by atoms with Crippen molar-refractivity contribution in [2.75, 3.05) is 41.8 Å². The van der Waals surface area contributed by atoms with Gasteiger partial charge in [0.05, 0.1) is 11.8 Å². The van der Waals surface area contributed by atoms with Crippen LogP contribution in [0.2, 0.25) is 0 Å². The van der Waals surface area contributed by atoms with Gasteiger partial charge >= 0.3 is 0 Å². The van der Waals surface area contributed by atoms with Crippen LogP contribution < -0.4 is 10.6 Å². The molecule has 6 rings (SSSR count). The molecule has 1 unspecified atom stereocenters. The van der Waals surface area contributed by atoms with Crippen LogP contribution in [0.25, 0.3) is 16.6 Å². The fraction of sp³-hybridized carbons (Fsp3) is 0.423. The zero-order chi connectivity index (χ0) is 25.4. The minimum atomic E-state index is 0.330. The first-order valence-corrected chi connectivity index (χ1v) is 13.9. The minimum absolute atomic E-state index is 0.330. The van der Waals surface area contributed by atoms with Crippen molar-refractivity contribution in [3.63, 3.8) is 0 Å². The van der Waals surface area contributed by atoms with E-state index in [-0.39, 0.29) is 0 Å². The lowest BCUT2D eigenvalue weighted by atomic mass is 10.0. The average Bonchev–Trinajstić information content (AvgIpc) is 3.67. The molecule has 2 fully saturated rings. The van der Waals surface area contributed by atoms with Crippen molar-refractivity contribution in [3.8, 4) is 12.1 Å². The van der Waals surface area contributed by atoms with Crippen LogP contribution in [-0.2, 0) is 0 Å². The molecular formula is C26H28N10S. The SMILES string of the molecule is CCNc1nc(Nc2ccc3c(c2)c(C#N)cn3C2CCN(C3CCSC3)CC2)nn2c(C#N)cnc12. The second-order valence-corrected chi connectivity index (χ2v) is 10.7. The third-order valence-corrected chi connectivity index (χ3v) is 8.49. The Kier molecular flexibility index (Phi) is 6.33. The lowest BCUT2D eigenvalue weighted by Crippen LogP contribution is -2.41. The second kappa shape index (κ2) is 9.92. The van der Waals surface area contributed by atoms with Gasteiger partial charge < -0.3 is 15.2 Å². The van der Waals surface area contributed by atoms with Crippen molar-refractivity contribution >= 4 is 45.8 Å². The van der Waals surface area contributed by atoms with E-state index in [4.69, 9.17) is 0 Å². The summed E-state index contributed by atoms with van der Waals surface area (Å²) in [4.78, 5) is 11.5. The molecule has 5 heterocycles. The molecule has 2 saturated heterocycles. The highest BCUT2D eigenvalue weighted by atomic mass is 32.2. The molecule has 0 saturated carbocycles. The maximum Gasteiger partial charge on any atom is 0.247 e. The normalized spacial score (nSPS) is 18.7. The van der Waals surface area contributed by atoms with E-state index in [1.807, 2.05) is 25.3 Å². The zero-order valence-corrected chi connectivity index (χ0v) is 21.5. The van der Waals surface area contributed by atoms with E-state index >= 15 is 0 Å². The summed E-state index contributed by atoms with van der Waals surface area (Å²) in [6.45, 7) is 4.86. The third kappa shape index (κ3) is 4.35. The minimum Gasteiger partial charge on any atom is -0.367 e. The predicted octanol–water partition coefficient (Wildman–Crippen LogP) is 4.14. The molecule has 0 bridgehead atoms. The topological polar surface area (TPSA) is 123 Å². The molecule has 2 N–H and O–H groups in total. The fourth-order valence-electron chi connectivity index (χ4n) is 5.49. The van der Waals surface area contributed by atoms with Gasteiger partial charge in [0.1, 0.15) is 12.1 Å². The Bertz CT molecular complexity index is 1530. The number of fused-ring (bicyclic) bond motifs is 2. The number of aromatic nitrogens is 5. The van der Waals surface area contributed by atoms with Crippen LogP contribution in [0.15, 0.2) is 30.6 Å². The Morgan fingerprint density at radius 1 is 1.14 bits per heavy atom. The quantitative estimate of drug-likeness (QED) is 0.392. The summed E-state index contributed by atoms with van der Waals surface area (Å²) < 4.78 is 3.79. The fourth-order valence-corrected chi connectivity index (χ4v) is 6.74. The molecule has 2 aliphatic rings. The van der Waals surface area contributed by atoms with Crippen LogP contribution in [0.5, 0.6) is 0 Å². The number of likely N-dealkylation sites (tertiary alicyclic amines) is 1. The van der Waals surface area contributed by atoms with Crippen LogP contribution in [0.4, 0.5) is 17.5 Å². The second-order valence-electron chi connectivity index (χ2n) is 9.51. The monoisotopic (exact) mass is 512 g/mol. The molecule has 37 heavy (non-hydrogen) atoms. The summed E-state index contributed by atoms with van der Waals surface area (Å²) in [5.74, 6) is 3.43. The van der Waals surface area contributed by atoms with Gasteiger partial charge in [0.15, 0.2) is 17.2 Å². The Hall–Kier alpha value is -3.80. The van der Waals surface area contributed by atoms with Gasteiger partial charge in [-0.15, -0.1) is 5.10 Å². The molecular weight excluding hydrogens is 484 g/mol. The first kappa shape index (κ1) is 23.6. The number of benzene rings is 1. The van der Waals surface area contributed by atoms with Gasteiger partial charge in [-0.3, -0.25) is 4.90 Å². The van der Waals surface area contributed by atoms with Crippen LogP contribution in [0.3, 0.4) is 0 Å². The van der Waals surface area contributed by atoms with Gasteiger partial charge in [-0.2, -0.15) is 31.8 Å². The molecule has 11 heteroatoms. The van der Waals surface area contributed by atoms with E-state index in [0.29, 0.717) is 41.3 Å². The number of hydrogen-bond acceptors (Lipinski definition) is 9. The number of nitrogens with one attached hydrogen (secondary N) is 2. The number of nitriles is 2. The first-order valence-electron chi connectivity index (χ1n) is 12.7. The Balaban J connectivity index is 1.28. The maximum atomic E-state index is 9.89. The Labute approximate surface area is 219 Å². The van der Waals surface area contributed by atoms with Crippen LogP contribution in [-0.4, -0.2) is 66.2 Å². The molecule has 4 aromatic rings. The first-order chi connectivity index (χ1) is 18.2. The van der Waals surface area contributed by atoms with Gasteiger partial charge in [-0.25, -0.2) is 4.98 Å². The van der Waals surface area contributed by atoms with Crippen LogP contribution in [0, 0.1) is 22.7 Å². The largest absolute Gasteiger partial charge is 0.367 e. The van der Waals surface area contributed by atoms with E-state index in [1.165, 1.54) is 28.6 Å². The van der Waals surface area contributed by atoms with Crippen molar-refractivity contribution in [1.29, 1.82) is 10.5 Å². The highest BCUT2D eigenvalue weighted by molar-refractivity contribution is 7.99. The molecule has 3 aromatic heterocycles. The van der Waals surface area contributed by atoms with Crippen molar-refractivity contribution in [1.82, 2.24) is 29.0 Å². The smallest absolute Gasteiger partial charge is 0.247 e. The summed E-state index contributed by atoms with van der Waals surface area (Å²) in [6, 6.07) is 11.7. The zero-order valence-electron chi connectivity index (χ0n) is 20.7. The number of nitrogens with zero attached hydrogens (tertiary/aromatic N) is 8. The van der Waals surface area contributed by atoms with Gasteiger partial charge in [0, 0.05) is 60.3 Å². The Morgan fingerprint density at radius 3 is 2.73 bits per heavy atom. The highest BCUT2D eigenvalue weighted by Crippen LogP contribution is 2.34. The van der Waals surface area contributed by atoms with E-state index in [2.05, 4.69) is 65.1 Å². The van der Waals surface area contributed by atoms with Gasteiger partial charge in [-0.1, -0.05) is 0 Å². The average molecular weight is 513 g/mol. The number of imidazole rings is 1. The van der Waals surface area contributed by atoms with E-state index in [0.717, 1.165) is 48.6 Å². The van der Waals surface area contributed by atoms with E-state index in [1.54, 1.807) is 0 Å². The van der Waals surface area contributed by atoms with Crippen molar-refractivity contribution in [2.24, 2.45) is 0 Å². The van der Waals surface area contributed by atoms with Crippen molar-refractivity contribution in [3.05, 3.63) is 41.9 Å². The molecule has 0 aliphatic carbocycles. The standard InChI is InChI=1S/C26H28N10S/c1-2-29-24-25-30-14-21(13-28)36(25)33-26(32-24)31-18-3-4-23-22(11-18)17(12-27)15-35(23)19-5-8-34(9-6-19)20-7-10-37-16-20/h3-4,11,14-15,19-20H,2,5-10,16H2,1H3,(H2,29,31,32,33). The number of rotatable bonds is 6. The molecule has 2 aliphatic heterocycles. The number of anilines is 3. The highest BCUT2D eigenvalue weighted by Gasteiger charge is 2.29. The maximum absolute atomic E-state index is 9.89. The number of piperidine rings is 1. The van der Waals surface area contributed by atoms with Crippen LogP contribution in [0.1, 0.15) is 43.5 Å². The van der Waals surface area contributed by atoms with Crippen LogP contribution >= 0.6 is 11.8 Å². The summed E-state index contributed by atoms with van der Waals surface area (Å²) in [5.41, 5.74) is 3.34. The summed E-state index contributed by atoms with van der Waals surface area (Å²) >= 11 is 2.07. The number of thioether (sulfide) groups is 1. The molecule has 0 spiro atoms. The lowest BCUT2D eigenvalue weighted by molar-refractivity contribution is 0.147. The Morgan fingerprint density at radius 2 is 2.00 bits per heavy atom. The predicted molar refractivity (Wildman–Crippen MR) is 145 cm³/mol. The molecule has 188 valence electrons. The third-order valence-electron chi connectivity index (χ3n) is 7.35. The van der Waals surface area contributed by atoms with Crippen molar-refractivity contribution < 1.29 is 0 Å². The van der Waals surface area contributed by atoms with Crippen molar-refractivity contribution in [2.45, 2.75) is 38.3 Å². The van der Waals surface area contributed by atoms with E-state index < -0.39 is 0 Å². The molecule has 1 aromatic carbocycles. The summed E-state index contributed by atoms with van der Waals surface area (Å²) in [5, 5.41) is 31.2. The van der Waals surface area contributed by atoms with E-state index in [9.17, 15) is 10.5 Å². The van der Waals surface area contributed by atoms with Gasteiger partial charge in [0.2, 0.25) is 5.95 Å². The molecule has 1 atom stereocenters. The lowest BCUT2D eigenvalue weighted by Gasteiger charge is -2.36. The molecule has 0 amide bonds. The molecule has 10 nitrogen and oxygen atoms in total. The number of hydrogen-bond donors (Lipinski definition) is 2. The molecule has 0 radical (unpaired) electrons. The summed E-state index contributed by atoms with van der Waals surface area (Å²) in [6.07, 6.45) is 7.00.